The van der Waals surface area contributed by atoms with Gasteiger partial charge >= 0.3 is 0 Å². The summed E-state index contributed by atoms with van der Waals surface area (Å²) in [5.41, 5.74) is 1.38. The largest absolute Gasteiger partial charge is 0.396 e. The summed E-state index contributed by atoms with van der Waals surface area (Å²) in [6.07, 6.45) is 2.06. The third kappa shape index (κ3) is 2.36. The molecule has 0 spiro atoms. The van der Waals surface area contributed by atoms with Crippen molar-refractivity contribution in [2.45, 2.75) is 32.2 Å². The molecule has 94 valence electrons. The van der Waals surface area contributed by atoms with E-state index in [4.69, 9.17) is 5.11 Å². The molecule has 1 aliphatic rings. The highest BCUT2D eigenvalue weighted by atomic mass is 79.9. The number of anilines is 1. The van der Waals surface area contributed by atoms with Gasteiger partial charge in [0.1, 0.15) is 0 Å². The molecule has 0 radical (unpaired) electrons. The van der Waals surface area contributed by atoms with Gasteiger partial charge in [-0.1, -0.05) is 12.1 Å². The molecule has 1 saturated heterocycles. The molecule has 1 aliphatic heterocycles. The highest BCUT2D eigenvalue weighted by Crippen LogP contribution is 2.42. The molecule has 1 fully saturated rings. The average Bonchev–Trinajstić information content (AvgIpc) is 2.57. The van der Waals surface area contributed by atoms with Crippen LogP contribution in [-0.2, 0) is 0 Å². The summed E-state index contributed by atoms with van der Waals surface area (Å²) in [4.78, 5) is 2.46. The number of hydrogen-bond donors (Lipinski definition) is 1. The van der Waals surface area contributed by atoms with Gasteiger partial charge in [0, 0.05) is 23.2 Å². The molecule has 1 unspecified atom stereocenters. The van der Waals surface area contributed by atoms with E-state index in [2.05, 4.69) is 52.9 Å². The Kier molecular flexibility index (Phi) is 3.79. The van der Waals surface area contributed by atoms with Gasteiger partial charge in [-0.3, -0.25) is 0 Å². The lowest BCUT2D eigenvalue weighted by Gasteiger charge is -2.38. The van der Waals surface area contributed by atoms with Crippen molar-refractivity contribution >= 4 is 21.6 Å². The Morgan fingerprint density at radius 2 is 2.12 bits per heavy atom. The van der Waals surface area contributed by atoms with E-state index in [9.17, 15) is 0 Å². The number of para-hydroxylation sites is 1. The predicted octanol–water partition coefficient (Wildman–Crippen LogP) is 3.44. The summed E-state index contributed by atoms with van der Waals surface area (Å²) >= 11 is 3.63. The minimum atomic E-state index is 0.118. The Labute approximate surface area is 112 Å². The van der Waals surface area contributed by atoms with Crippen LogP contribution in [0.4, 0.5) is 5.69 Å². The highest BCUT2D eigenvalue weighted by molar-refractivity contribution is 9.10. The zero-order valence-electron chi connectivity index (χ0n) is 10.5. The fourth-order valence-corrected chi connectivity index (χ4v) is 3.40. The second kappa shape index (κ2) is 4.99. The van der Waals surface area contributed by atoms with Gasteiger partial charge in [0.25, 0.3) is 0 Å². The van der Waals surface area contributed by atoms with E-state index in [-0.39, 0.29) is 12.1 Å². The third-order valence-electron chi connectivity index (χ3n) is 4.02. The summed E-state index contributed by atoms with van der Waals surface area (Å²) in [5, 5.41) is 9.14. The lowest BCUT2D eigenvalue weighted by Crippen LogP contribution is -2.43. The molecule has 1 N–H and O–H groups in total. The maximum Gasteiger partial charge on any atom is 0.0515 e. The van der Waals surface area contributed by atoms with Gasteiger partial charge in [0.15, 0.2) is 0 Å². The van der Waals surface area contributed by atoms with Crippen LogP contribution < -0.4 is 4.90 Å². The third-order valence-corrected chi connectivity index (χ3v) is 4.69. The lowest BCUT2D eigenvalue weighted by molar-refractivity contribution is 0.229. The summed E-state index contributed by atoms with van der Waals surface area (Å²) < 4.78 is 1.15. The van der Waals surface area contributed by atoms with E-state index in [1.165, 1.54) is 5.69 Å². The lowest BCUT2D eigenvalue weighted by atomic mass is 9.86. The Hall–Kier alpha value is -0.540. The van der Waals surface area contributed by atoms with Gasteiger partial charge in [-0.15, -0.1) is 0 Å². The monoisotopic (exact) mass is 297 g/mol. The van der Waals surface area contributed by atoms with Crippen LogP contribution in [-0.4, -0.2) is 23.8 Å². The van der Waals surface area contributed by atoms with Crippen LogP contribution in [0.5, 0.6) is 0 Å². The molecule has 1 aromatic carbocycles. The van der Waals surface area contributed by atoms with Crippen molar-refractivity contribution < 1.29 is 5.11 Å². The second-order valence-electron chi connectivity index (χ2n) is 5.25. The Morgan fingerprint density at radius 1 is 1.41 bits per heavy atom. The fourth-order valence-electron chi connectivity index (χ4n) is 2.90. The fraction of sp³-hybridized carbons (Fsp3) is 0.571. The van der Waals surface area contributed by atoms with Crippen molar-refractivity contribution in [1.82, 2.24) is 0 Å². The molecule has 17 heavy (non-hydrogen) atoms. The van der Waals surface area contributed by atoms with Crippen LogP contribution in [0.1, 0.15) is 26.7 Å². The Bertz CT molecular complexity index is 392. The number of nitrogens with zero attached hydrogens (tertiary/aromatic N) is 1. The molecule has 0 bridgehead atoms. The van der Waals surface area contributed by atoms with Crippen molar-refractivity contribution in [3.63, 3.8) is 0 Å². The molecule has 1 aromatic rings. The van der Waals surface area contributed by atoms with Gasteiger partial charge in [0.05, 0.1) is 5.69 Å². The van der Waals surface area contributed by atoms with Gasteiger partial charge in [-0.2, -0.15) is 0 Å². The number of aliphatic hydroxyl groups excluding tert-OH is 1. The van der Waals surface area contributed by atoms with Crippen LogP contribution >= 0.6 is 15.9 Å². The zero-order valence-corrected chi connectivity index (χ0v) is 12.1. The molecule has 0 aliphatic carbocycles. The average molecular weight is 298 g/mol. The summed E-state index contributed by atoms with van der Waals surface area (Å²) in [6.45, 7) is 5.91. The number of aliphatic hydroxyl groups is 1. The first-order valence-corrected chi connectivity index (χ1v) is 6.99. The van der Waals surface area contributed by atoms with Crippen molar-refractivity contribution in [3.8, 4) is 0 Å². The molecular weight excluding hydrogens is 278 g/mol. The minimum Gasteiger partial charge on any atom is -0.396 e. The zero-order chi connectivity index (χ0) is 12.5. The van der Waals surface area contributed by atoms with Crippen molar-refractivity contribution in [3.05, 3.63) is 28.7 Å². The van der Waals surface area contributed by atoms with Crippen molar-refractivity contribution in [2.75, 3.05) is 18.1 Å². The summed E-state index contributed by atoms with van der Waals surface area (Å²) in [6, 6.07) is 8.37. The normalized spacial score (nSPS) is 23.1. The standard InChI is InChI=1S/C14H20BrNO/c1-14(2)11(8-10-17)7-9-16(14)13-6-4-3-5-12(13)15/h3-6,11,17H,7-10H2,1-2H3. The topological polar surface area (TPSA) is 23.5 Å². The van der Waals surface area contributed by atoms with Crippen LogP contribution in [0.25, 0.3) is 0 Å². The number of rotatable bonds is 3. The quantitative estimate of drug-likeness (QED) is 0.924. The Balaban J connectivity index is 2.27. The number of halogens is 1. The molecule has 0 amide bonds. The van der Waals surface area contributed by atoms with Crippen molar-refractivity contribution in [1.29, 1.82) is 0 Å². The number of benzene rings is 1. The summed E-state index contributed by atoms with van der Waals surface area (Å²) in [7, 11) is 0. The van der Waals surface area contributed by atoms with Gasteiger partial charge < -0.3 is 10.0 Å². The van der Waals surface area contributed by atoms with Gasteiger partial charge in [-0.05, 0) is 60.7 Å². The van der Waals surface area contributed by atoms with Gasteiger partial charge in [0.2, 0.25) is 0 Å². The molecule has 2 rings (SSSR count). The van der Waals surface area contributed by atoms with Crippen LogP contribution in [0, 0.1) is 5.92 Å². The molecule has 0 aromatic heterocycles. The molecule has 3 heteroatoms. The smallest absolute Gasteiger partial charge is 0.0515 e. The van der Waals surface area contributed by atoms with E-state index in [0.717, 1.165) is 23.9 Å². The van der Waals surface area contributed by atoms with E-state index >= 15 is 0 Å². The SMILES string of the molecule is CC1(C)C(CCO)CCN1c1ccccc1Br. The van der Waals surface area contributed by atoms with E-state index < -0.39 is 0 Å². The molecule has 1 atom stereocenters. The molecule has 0 saturated carbocycles. The van der Waals surface area contributed by atoms with E-state index in [0.29, 0.717) is 5.92 Å². The highest BCUT2D eigenvalue weighted by Gasteiger charge is 2.41. The van der Waals surface area contributed by atoms with Crippen LogP contribution in [0.15, 0.2) is 28.7 Å². The number of hydrogen-bond acceptors (Lipinski definition) is 2. The van der Waals surface area contributed by atoms with Gasteiger partial charge in [-0.25, -0.2) is 0 Å². The van der Waals surface area contributed by atoms with Crippen LogP contribution in [0.3, 0.4) is 0 Å². The first-order valence-electron chi connectivity index (χ1n) is 6.20. The van der Waals surface area contributed by atoms with E-state index in [1.54, 1.807) is 0 Å². The molecule has 1 heterocycles. The van der Waals surface area contributed by atoms with Crippen molar-refractivity contribution in [2.24, 2.45) is 5.92 Å². The first-order chi connectivity index (χ1) is 8.07. The predicted molar refractivity (Wildman–Crippen MR) is 75.4 cm³/mol. The summed E-state index contributed by atoms with van der Waals surface area (Å²) in [5.74, 6) is 0.569. The molecule has 2 nitrogen and oxygen atoms in total. The maximum atomic E-state index is 9.14. The maximum absolute atomic E-state index is 9.14. The van der Waals surface area contributed by atoms with Crippen LogP contribution in [0.2, 0.25) is 0 Å². The van der Waals surface area contributed by atoms with E-state index in [1.807, 2.05) is 6.07 Å². The first kappa shape index (κ1) is 12.9. The molecular formula is C14H20BrNO. The second-order valence-corrected chi connectivity index (χ2v) is 6.11. The minimum absolute atomic E-state index is 0.118. The Morgan fingerprint density at radius 3 is 2.76 bits per heavy atom.